The minimum absolute atomic E-state index is 0.101. The summed E-state index contributed by atoms with van der Waals surface area (Å²) in [5.74, 6) is -0.300. The number of rotatable bonds is 7. The fraction of sp³-hybridized carbons (Fsp3) is 0.588. The summed E-state index contributed by atoms with van der Waals surface area (Å²) in [5.41, 5.74) is 0.836. The van der Waals surface area contributed by atoms with Crippen molar-refractivity contribution in [1.29, 1.82) is 0 Å². The lowest BCUT2D eigenvalue weighted by atomic mass is 10.2. The normalized spacial score (nSPS) is 16.3. The van der Waals surface area contributed by atoms with E-state index in [-0.39, 0.29) is 25.0 Å². The fourth-order valence-corrected chi connectivity index (χ4v) is 2.84. The molecular weight excluding hydrogens is 297 g/mol. The van der Waals surface area contributed by atoms with Crippen LogP contribution in [-0.4, -0.2) is 59.8 Å². The first kappa shape index (κ1) is 17.7. The van der Waals surface area contributed by atoms with Crippen molar-refractivity contribution in [3.8, 4) is 0 Å². The molecule has 2 N–H and O–H groups in total. The number of nitrogens with one attached hydrogen (secondary N) is 1. The van der Waals surface area contributed by atoms with Crippen LogP contribution in [0.3, 0.4) is 0 Å². The van der Waals surface area contributed by atoms with Crippen molar-refractivity contribution in [2.75, 3.05) is 32.8 Å². The van der Waals surface area contributed by atoms with Crippen LogP contribution in [0, 0.1) is 5.82 Å². The molecule has 6 heteroatoms. The average Bonchev–Trinajstić information content (AvgIpc) is 3.08. The van der Waals surface area contributed by atoms with Crippen molar-refractivity contribution in [1.82, 2.24) is 15.1 Å². The topological polar surface area (TPSA) is 55.8 Å². The van der Waals surface area contributed by atoms with E-state index < -0.39 is 0 Å². The molecule has 23 heavy (non-hydrogen) atoms. The van der Waals surface area contributed by atoms with Crippen molar-refractivity contribution in [3.05, 3.63) is 35.6 Å². The molecular formula is C17H26FN3O2. The summed E-state index contributed by atoms with van der Waals surface area (Å²) in [4.78, 5) is 16.3. The Morgan fingerprint density at radius 2 is 2.00 bits per heavy atom. The van der Waals surface area contributed by atoms with E-state index in [4.69, 9.17) is 5.11 Å². The predicted octanol–water partition coefficient (Wildman–Crippen LogP) is 1.81. The molecule has 1 fully saturated rings. The summed E-state index contributed by atoms with van der Waals surface area (Å²) in [6.07, 6.45) is 2.44. The summed E-state index contributed by atoms with van der Waals surface area (Å²) < 4.78 is 13.0. The molecule has 1 atom stereocenters. The van der Waals surface area contributed by atoms with Crippen LogP contribution in [0.2, 0.25) is 0 Å². The number of aliphatic hydroxyl groups is 1. The highest BCUT2D eigenvalue weighted by Gasteiger charge is 2.20. The number of amides is 2. The van der Waals surface area contributed by atoms with Crippen molar-refractivity contribution in [3.63, 3.8) is 0 Å². The number of urea groups is 1. The molecule has 1 aliphatic rings. The summed E-state index contributed by atoms with van der Waals surface area (Å²) in [7, 11) is 0. The average molecular weight is 323 g/mol. The monoisotopic (exact) mass is 323 g/mol. The minimum Gasteiger partial charge on any atom is -0.395 e. The molecule has 0 aliphatic carbocycles. The second-order valence-corrected chi connectivity index (χ2v) is 6.05. The number of halogens is 1. The van der Waals surface area contributed by atoms with Crippen LogP contribution in [0.5, 0.6) is 0 Å². The van der Waals surface area contributed by atoms with Crippen LogP contribution in [-0.2, 0) is 6.54 Å². The Morgan fingerprint density at radius 3 is 2.61 bits per heavy atom. The molecule has 0 spiro atoms. The van der Waals surface area contributed by atoms with E-state index in [1.165, 1.54) is 25.0 Å². The zero-order chi connectivity index (χ0) is 16.7. The molecule has 128 valence electrons. The Hall–Kier alpha value is -1.66. The van der Waals surface area contributed by atoms with Crippen LogP contribution in [0.1, 0.15) is 25.3 Å². The van der Waals surface area contributed by atoms with Gasteiger partial charge in [0.2, 0.25) is 0 Å². The SMILES string of the molecule is C[C@H](CNC(=O)N(CCO)Cc1ccc(F)cc1)N1CCCC1. The van der Waals surface area contributed by atoms with E-state index in [0.717, 1.165) is 18.7 Å². The second kappa shape index (κ2) is 8.84. The van der Waals surface area contributed by atoms with Gasteiger partial charge < -0.3 is 15.3 Å². The molecule has 1 saturated heterocycles. The van der Waals surface area contributed by atoms with Gasteiger partial charge in [-0.15, -0.1) is 0 Å². The standard InChI is InChI=1S/C17H26FN3O2/c1-14(20-8-2-3-9-20)12-19-17(23)21(10-11-22)13-15-4-6-16(18)7-5-15/h4-7,14,22H,2-3,8-13H2,1H3,(H,19,23)/t14-/m1/s1. The van der Waals surface area contributed by atoms with E-state index in [0.29, 0.717) is 19.1 Å². The van der Waals surface area contributed by atoms with Crippen molar-refractivity contribution in [2.24, 2.45) is 0 Å². The van der Waals surface area contributed by atoms with Gasteiger partial charge in [0.1, 0.15) is 5.82 Å². The highest BCUT2D eigenvalue weighted by molar-refractivity contribution is 5.74. The Morgan fingerprint density at radius 1 is 1.35 bits per heavy atom. The van der Waals surface area contributed by atoms with Gasteiger partial charge in [0.15, 0.2) is 0 Å². The van der Waals surface area contributed by atoms with Crippen molar-refractivity contribution >= 4 is 6.03 Å². The maximum Gasteiger partial charge on any atom is 0.317 e. The van der Waals surface area contributed by atoms with Crippen LogP contribution < -0.4 is 5.32 Å². The molecule has 1 aromatic rings. The van der Waals surface area contributed by atoms with E-state index in [1.807, 2.05) is 0 Å². The Kier molecular flexibility index (Phi) is 6.80. The Balaban J connectivity index is 1.85. The lowest BCUT2D eigenvalue weighted by Crippen LogP contribution is -2.46. The van der Waals surface area contributed by atoms with E-state index in [9.17, 15) is 9.18 Å². The largest absolute Gasteiger partial charge is 0.395 e. The maximum atomic E-state index is 13.0. The summed E-state index contributed by atoms with van der Waals surface area (Å²) in [5, 5.41) is 12.1. The number of carbonyl (C=O) groups is 1. The van der Waals surface area contributed by atoms with Crippen molar-refractivity contribution in [2.45, 2.75) is 32.4 Å². The van der Waals surface area contributed by atoms with Gasteiger partial charge in [-0.25, -0.2) is 9.18 Å². The van der Waals surface area contributed by atoms with Crippen LogP contribution >= 0.6 is 0 Å². The van der Waals surface area contributed by atoms with Gasteiger partial charge in [-0.2, -0.15) is 0 Å². The highest BCUT2D eigenvalue weighted by Crippen LogP contribution is 2.11. The highest BCUT2D eigenvalue weighted by atomic mass is 19.1. The fourth-order valence-electron chi connectivity index (χ4n) is 2.84. The summed E-state index contributed by atoms with van der Waals surface area (Å²) >= 11 is 0. The van der Waals surface area contributed by atoms with Gasteiger partial charge in [-0.1, -0.05) is 12.1 Å². The van der Waals surface area contributed by atoms with E-state index in [2.05, 4.69) is 17.1 Å². The number of hydrogen-bond donors (Lipinski definition) is 2. The van der Waals surface area contributed by atoms with Gasteiger partial charge in [-0.05, 0) is 50.6 Å². The van der Waals surface area contributed by atoms with E-state index in [1.54, 1.807) is 17.0 Å². The molecule has 1 aliphatic heterocycles. The molecule has 1 aromatic carbocycles. The first-order valence-corrected chi connectivity index (χ1v) is 8.22. The molecule has 2 rings (SSSR count). The molecule has 0 unspecified atom stereocenters. The van der Waals surface area contributed by atoms with Crippen LogP contribution in [0.25, 0.3) is 0 Å². The number of nitrogens with zero attached hydrogens (tertiary/aromatic N) is 2. The smallest absolute Gasteiger partial charge is 0.317 e. The minimum atomic E-state index is -0.300. The third kappa shape index (κ3) is 5.48. The maximum absolute atomic E-state index is 13.0. The lowest BCUT2D eigenvalue weighted by Gasteiger charge is -2.27. The molecule has 0 aromatic heterocycles. The third-order valence-corrected chi connectivity index (χ3v) is 4.26. The molecule has 0 radical (unpaired) electrons. The number of hydrogen-bond acceptors (Lipinski definition) is 3. The lowest BCUT2D eigenvalue weighted by molar-refractivity contribution is 0.169. The van der Waals surface area contributed by atoms with Crippen LogP contribution in [0.4, 0.5) is 9.18 Å². The van der Waals surface area contributed by atoms with E-state index >= 15 is 0 Å². The zero-order valence-electron chi connectivity index (χ0n) is 13.7. The molecule has 0 saturated carbocycles. The quantitative estimate of drug-likeness (QED) is 0.805. The summed E-state index contributed by atoms with van der Waals surface area (Å²) in [6, 6.07) is 6.16. The number of benzene rings is 1. The van der Waals surface area contributed by atoms with Gasteiger partial charge in [0, 0.05) is 25.7 Å². The molecule has 0 bridgehead atoms. The first-order chi connectivity index (χ1) is 11.1. The van der Waals surface area contributed by atoms with Gasteiger partial charge in [0.05, 0.1) is 6.61 Å². The summed E-state index contributed by atoms with van der Waals surface area (Å²) in [6.45, 7) is 5.38. The number of aliphatic hydroxyl groups excluding tert-OH is 1. The Bertz CT molecular complexity index is 489. The predicted molar refractivity (Wildman–Crippen MR) is 87.6 cm³/mol. The first-order valence-electron chi connectivity index (χ1n) is 8.22. The molecule has 1 heterocycles. The Labute approximate surface area is 137 Å². The number of carbonyl (C=O) groups excluding carboxylic acids is 1. The van der Waals surface area contributed by atoms with Crippen molar-refractivity contribution < 1.29 is 14.3 Å². The van der Waals surface area contributed by atoms with Gasteiger partial charge >= 0.3 is 6.03 Å². The molecule has 2 amide bonds. The van der Waals surface area contributed by atoms with Gasteiger partial charge in [0.25, 0.3) is 0 Å². The third-order valence-electron chi connectivity index (χ3n) is 4.26. The second-order valence-electron chi connectivity index (χ2n) is 6.05. The molecule has 5 nitrogen and oxygen atoms in total. The van der Waals surface area contributed by atoms with Gasteiger partial charge in [-0.3, -0.25) is 4.90 Å². The zero-order valence-corrected chi connectivity index (χ0v) is 13.7. The van der Waals surface area contributed by atoms with Crippen LogP contribution in [0.15, 0.2) is 24.3 Å². The number of likely N-dealkylation sites (tertiary alicyclic amines) is 1.